The minimum Gasteiger partial charge on any atom is -0.483 e. The molecule has 4 N–H and O–H groups in total. The number of piperidine rings is 2. The summed E-state index contributed by atoms with van der Waals surface area (Å²) in [5, 5.41) is 16.9. The first-order valence-electron chi connectivity index (χ1n) is 10.3. The van der Waals surface area contributed by atoms with Crippen molar-refractivity contribution in [2.75, 3.05) is 46.9 Å². The Morgan fingerprint density at radius 1 is 1.31 bits per heavy atom. The number of ether oxygens (including phenoxy) is 1. The fourth-order valence-electron chi connectivity index (χ4n) is 4.35. The highest BCUT2D eigenvalue weighted by atomic mass is 16.5. The van der Waals surface area contributed by atoms with E-state index in [2.05, 4.69) is 27.2 Å². The second-order valence-electron chi connectivity index (χ2n) is 7.53. The number of likely N-dealkylation sites (tertiary alicyclic amines) is 2. The van der Waals surface area contributed by atoms with E-state index in [1.54, 1.807) is 12.4 Å². The zero-order valence-corrected chi connectivity index (χ0v) is 18.5. The molecule has 0 aliphatic carbocycles. The molecule has 0 spiro atoms. The van der Waals surface area contributed by atoms with E-state index in [9.17, 15) is 9.59 Å². The molecular weight excluding hydrogens is 422 g/mol. The Morgan fingerprint density at radius 3 is 2.59 bits per heavy atom. The summed E-state index contributed by atoms with van der Waals surface area (Å²) >= 11 is 0. The average molecular weight is 456 g/mol. The van der Waals surface area contributed by atoms with Crippen molar-refractivity contribution < 1.29 is 34.1 Å². The van der Waals surface area contributed by atoms with Gasteiger partial charge in [-0.25, -0.2) is 4.98 Å². The van der Waals surface area contributed by atoms with Gasteiger partial charge in [0.2, 0.25) is 11.8 Å². The molecule has 2 fully saturated rings. The van der Waals surface area contributed by atoms with E-state index in [0.717, 1.165) is 25.2 Å². The van der Waals surface area contributed by atoms with Crippen molar-refractivity contribution in [1.82, 2.24) is 25.1 Å². The van der Waals surface area contributed by atoms with Crippen LogP contribution in [0.25, 0.3) is 0 Å². The maximum atomic E-state index is 13.1. The third-order valence-corrected chi connectivity index (χ3v) is 5.80. The van der Waals surface area contributed by atoms with E-state index in [4.69, 9.17) is 24.5 Å². The maximum absolute atomic E-state index is 13.1. The van der Waals surface area contributed by atoms with Gasteiger partial charge in [0, 0.05) is 51.6 Å². The van der Waals surface area contributed by atoms with Crippen molar-refractivity contribution in [3.05, 3.63) is 18.2 Å². The van der Waals surface area contributed by atoms with Crippen molar-refractivity contribution >= 4 is 24.8 Å². The number of carbonyl (C=O) groups is 4. The molecule has 0 bridgehead atoms. The topological polar surface area (TPSA) is 165 Å². The zero-order valence-electron chi connectivity index (χ0n) is 18.5. The molecule has 3 heterocycles. The Bertz CT molecular complexity index is 709. The molecule has 0 aromatic carbocycles. The predicted molar refractivity (Wildman–Crippen MR) is 114 cm³/mol. The summed E-state index contributed by atoms with van der Waals surface area (Å²) in [7, 11) is 3.59. The van der Waals surface area contributed by atoms with Crippen LogP contribution in [-0.4, -0.2) is 108 Å². The number of nitrogens with one attached hydrogen (secondary N) is 2. The third-order valence-electron chi connectivity index (χ3n) is 5.80. The molecule has 2 aliphatic rings. The van der Waals surface area contributed by atoms with Gasteiger partial charge in [-0.2, -0.15) is 0 Å². The highest BCUT2D eigenvalue weighted by Crippen LogP contribution is 2.42. The lowest BCUT2D eigenvalue weighted by molar-refractivity contribution is -0.152. The molecule has 2 atom stereocenters. The van der Waals surface area contributed by atoms with E-state index in [-0.39, 0.29) is 37.4 Å². The summed E-state index contributed by atoms with van der Waals surface area (Å²) in [4.78, 5) is 53.4. The molecule has 2 amide bonds. The Morgan fingerprint density at radius 2 is 2.00 bits per heavy atom. The molecule has 180 valence electrons. The summed E-state index contributed by atoms with van der Waals surface area (Å²) < 4.78 is 4.99. The van der Waals surface area contributed by atoms with Gasteiger partial charge in [0.05, 0.1) is 5.41 Å². The van der Waals surface area contributed by atoms with Gasteiger partial charge in [0.25, 0.3) is 12.9 Å². The van der Waals surface area contributed by atoms with Crippen LogP contribution < -0.4 is 5.32 Å². The first-order chi connectivity index (χ1) is 15.4. The van der Waals surface area contributed by atoms with Crippen LogP contribution in [0.15, 0.2) is 12.4 Å². The van der Waals surface area contributed by atoms with Crippen molar-refractivity contribution in [2.24, 2.45) is 5.41 Å². The maximum Gasteiger partial charge on any atom is 0.290 e. The van der Waals surface area contributed by atoms with E-state index >= 15 is 0 Å². The van der Waals surface area contributed by atoms with Crippen LogP contribution >= 0.6 is 0 Å². The van der Waals surface area contributed by atoms with Gasteiger partial charge in [0.1, 0.15) is 12.4 Å². The quantitative estimate of drug-likeness (QED) is 0.411. The lowest BCUT2D eigenvalue weighted by Crippen LogP contribution is -2.65. The lowest BCUT2D eigenvalue weighted by atomic mass is 9.67. The minimum absolute atomic E-state index is 0.00157. The van der Waals surface area contributed by atoms with Crippen LogP contribution in [0.4, 0.5) is 0 Å². The summed E-state index contributed by atoms with van der Waals surface area (Å²) in [5.74, 6) is 0.984. The van der Waals surface area contributed by atoms with Crippen molar-refractivity contribution in [3.8, 4) is 0 Å². The van der Waals surface area contributed by atoms with Gasteiger partial charge < -0.3 is 35.1 Å². The second-order valence-corrected chi connectivity index (χ2v) is 7.53. The van der Waals surface area contributed by atoms with Crippen LogP contribution in [-0.2, 0) is 30.3 Å². The molecule has 0 unspecified atom stereocenters. The first-order valence-corrected chi connectivity index (χ1v) is 10.3. The number of nitrogens with zero attached hydrogens (tertiary/aromatic N) is 3. The largest absolute Gasteiger partial charge is 0.483 e. The number of hydrogen-bond acceptors (Lipinski definition) is 7. The smallest absolute Gasteiger partial charge is 0.290 e. The number of amides is 2. The summed E-state index contributed by atoms with van der Waals surface area (Å²) in [6.45, 7) is 2.32. The normalized spacial score (nSPS) is 22.2. The van der Waals surface area contributed by atoms with E-state index in [0.29, 0.717) is 32.5 Å². The number of methoxy groups -OCH3 is 1. The molecule has 2 aliphatic heterocycles. The fourth-order valence-corrected chi connectivity index (χ4v) is 4.35. The minimum atomic E-state index is -0.417. The summed E-state index contributed by atoms with van der Waals surface area (Å²) in [5.41, 5.74) is -0.417. The standard InChI is InChI=1S/C18H29N5O3.2CH2O2/c1-22-10-3-5-18(17(25)21-7-4-15-19-8-9-20-15)6-11-23(12-14(18)22)16(24)13-26-2;2*2-1-3/h8-9,14H,3-7,10-13H2,1-2H3,(H,19,20)(H,21,25);2*1H,(H,2,3)/t14-,18+;;/m0../s1. The summed E-state index contributed by atoms with van der Waals surface area (Å²) in [6.07, 6.45) is 6.77. The third kappa shape index (κ3) is 7.31. The molecule has 2 saturated heterocycles. The molecule has 0 radical (unpaired) electrons. The van der Waals surface area contributed by atoms with Crippen LogP contribution in [0.3, 0.4) is 0 Å². The van der Waals surface area contributed by atoms with Gasteiger partial charge >= 0.3 is 0 Å². The van der Waals surface area contributed by atoms with Crippen molar-refractivity contribution in [3.63, 3.8) is 0 Å². The SMILES string of the molecule is COCC(=O)N1CC[C@]2(C(=O)NCCc3ncc[nH]3)CCCN(C)[C@H]2C1.O=CO.O=CO. The van der Waals surface area contributed by atoms with E-state index in [1.807, 2.05) is 4.90 Å². The van der Waals surface area contributed by atoms with Crippen LogP contribution in [0.5, 0.6) is 0 Å². The number of H-pyrrole nitrogens is 1. The molecule has 0 saturated carbocycles. The number of hydrogen-bond donors (Lipinski definition) is 4. The fraction of sp³-hybridized carbons (Fsp3) is 0.650. The Balaban J connectivity index is 0.000000769. The van der Waals surface area contributed by atoms with Gasteiger partial charge in [-0.15, -0.1) is 0 Å². The monoisotopic (exact) mass is 455 g/mol. The second kappa shape index (κ2) is 14.1. The van der Waals surface area contributed by atoms with Crippen molar-refractivity contribution in [2.45, 2.75) is 31.7 Å². The van der Waals surface area contributed by atoms with Crippen LogP contribution in [0, 0.1) is 5.41 Å². The number of imidazole rings is 1. The Kier molecular flexibility index (Phi) is 12.0. The van der Waals surface area contributed by atoms with E-state index in [1.165, 1.54) is 7.11 Å². The molecule has 12 heteroatoms. The summed E-state index contributed by atoms with van der Waals surface area (Å²) in [6, 6.07) is 0.0504. The number of carbonyl (C=O) groups excluding carboxylic acids is 2. The number of aromatic nitrogens is 2. The predicted octanol–water partition coefficient (Wildman–Crippen LogP) is -0.571. The van der Waals surface area contributed by atoms with Gasteiger partial charge in [-0.3, -0.25) is 19.2 Å². The molecule has 12 nitrogen and oxygen atoms in total. The first kappa shape index (κ1) is 27.0. The van der Waals surface area contributed by atoms with Crippen molar-refractivity contribution in [1.29, 1.82) is 0 Å². The number of rotatable bonds is 6. The number of carboxylic acid groups (broad SMARTS) is 2. The highest BCUT2D eigenvalue weighted by Gasteiger charge is 2.52. The van der Waals surface area contributed by atoms with Crippen LogP contribution in [0.2, 0.25) is 0 Å². The molecule has 1 aromatic heterocycles. The van der Waals surface area contributed by atoms with Gasteiger partial charge in [0.15, 0.2) is 0 Å². The lowest BCUT2D eigenvalue weighted by Gasteiger charge is -2.53. The molecule has 3 rings (SSSR count). The van der Waals surface area contributed by atoms with E-state index < -0.39 is 5.41 Å². The Labute approximate surface area is 186 Å². The molecule has 1 aromatic rings. The number of aromatic amines is 1. The average Bonchev–Trinajstić information content (AvgIpc) is 3.28. The van der Waals surface area contributed by atoms with Crippen LogP contribution in [0.1, 0.15) is 25.1 Å². The number of likely N-dealkylation sites (N-methyl/N-ethyl adjacent to an activating group) is 1. The zero-order chi connectivity index (χ0) is 24.0. The highest BCUT2D eigenvalue weighted by molar-refractivity contribution is 5.85. The number of fused-ring (bicyclic) bond motifs is 1. The van der Waals surface area contributed by atoms with Gasteiger partial charge in [-0.1, -0.05) is 0 Å². The molecular formula is C20H33N5O7. The molecule has 32 heavy (non-hydrogen) atoms. The Hall–Kier alpha value is -2.99. The van der Waals surface area contributed by atoms with Gasteiger partial charge in [-0.05, 0) is 32.9 Å².